The van der Waals surface area contributed by atoms with Gasteiger partial charge in [0, 0.05) is 35.3 Å². The average molecular weight is 512 g/mol. The van der Waals surface area contributed by atoms with Gasteiger partial charge in [0.15, 0.2) is 5.78 Å². The molecule has 0 amide bonds. The van der Waals surface area contributed by atoms with Gasteiger partial charge in [-0.2, -0.15) is 0 Å². The highest BCUT2D eigenvalue weighted by Crippen LogP contribution is 2.28. The summed E-state index contributed by atoms with van der Waals surface area (Å²) in [5.41, 5.74) is 10.3. The number of H-pyrrole nitrogens is 1. The number of nitrogens with two attached hydrogens (primary N) is 1. The first-order chi connectivity index (χ1) is 18.5. The number of carbonyl (C=O) groups excluding carboxylic acids is 1. The summed E-state index contributed by atoms with van der Waals surface area (Å²) in [5, 5.41) is 16.8. The zero-order valence-corrected chi connectivity index (χ0v) is 21.5. The molecule has 196 valence electrons. The van der Waals surface area contributed by atoms with E-state index in [2.05, 4.69) is 25.6 Å². The van der Waals surface area contributed by atoms with Crippen molar-refractivity contribution in [2.24, 2.45) is 0 Å². The van der Waals surface area contributed by atoms with Crippen molar-refractivity contribution in [2.75, 3.05) is 31.2 Å². The van der Waals surface area contributed by atoms with Crippen LogP contribution in [0.2, 0.25) is 0 Å². The first-order valence-electron chi connectivity index (χ1n) is 13.0. The fourth-order valence-corrected chi connectivity index (χ4v) is 4.97. The van der Waals surface area contributed by atoms with Crippen molar-refractivity contribution in [2.45, 2.75) is 38.1 Å². The van der Waals surface area contributed by atoms with Crippen molar-refractivity contribution in [3.05, 3.63) is 77.2 Å². The monoisotopic (exact) mass is 511 g/mol. The van der Waals surface area contributed by atoms with Crippen LogP contribution in [0.4, 0.5) is 11.6 Å². The van der Waals surface area contributed by atoms with E-state index in [0.717, 1.165) is 42.4 Å². The predicted octanol–water partition coefficient (Wildman–Crippen LogP) is 4.33. The Bertz CT molecular complexity index is 1460. The number of aryl methyl sites for hydroxylation is 1. The number of hydrogen-bond acceptors (Lipinski definition) is 8. The van der Waals surface area contributed by atoms with Crippen LogP contribution in [0, 0.1) is 5.41 Å². The lowest BCUT2D eigenvalue weighted by Gasteiger charge is -2.25. The molecule has 0 aliphatic carbocycles. The number of rotatable bonds is 10. The van der Waals surface area contributed by atoms with E-state index in [-0.39, 0.29) is 23.4 Å². The van der Waals surface area contributed by atoms with Gasteiger partial charge in [0.05, 0.1) is 18.4 Å². The number of nitrogens with one attached hydrogen (secondary N) is 4. The summed E-state index contributed by atoms with van der Waals surface area (Å²) in [5.74, 6) is 1.64. The van der Waals surface area contributed by atoms with Gasteiger partial charge in [0.2, 0.25) is 0 Å². The molecule has 0 bridgehead atoms. The second-order valence-electron chi connectivity index (χ2n) is 9.61. The molecule has 4 aromatic rings. The summed E-state index contributed by atoms with van der Waals surface area (Å²) >= 11 is 0. The van der Waals surface area contributed by atoms with Crippen LogP contribution in [0.15, 0.2) is 55.0 Å². The third-order valence-corrected chi connectivity index (χ3v) is 7.11. The maximum Gasteiger partial charge on any atom is 0.162 e. The summed E-state index contributed by atoms with van der Waals surface area (Å²) in [4.78, 5) is 24.5. The number of nitrogens with zero attached hydrogens (tertiary/aromatic N) is 2. The largest absolute Gasteiger partial charge is 0.496 e. The van der Waals surface area contributed by atoms with Crippen LogP contribution in [-0.2, 0) is 6.42 Å². The Hall–Kier alpha value is -4.24. The molecule has 5 rings (SSSR count). The average Bonchev–Trinajstić information content (AvgIpc) is 3.41. The van der Waals surface area contributed by atoms with Crippen LogP contribution in [-0.4, -0.2) is 52.7 Å². The Morgan fingerprint density at radius 2 is 1.95 bits per heavy atom. The number of methoxy groups -OCH3 is 1. The maximum absolute atomic E-state index is 12.8. The Morgan fingerprint density at radius 1 is 1.13 bits per heavy atom. The van der Waals surface area contributed by atoms with Gasteiger partial charge >= 0.3 is 0 Å². The number of carbonyl (C=O) groups is 1. The highest BCUT2D eigenvalue weighted by molar-refractivity contribution is 6.16. The van der Waals surface area contributed by atoms with E-state index >= 15 is 0 Å². The Labute approximate surface area is 221 Å². The molecule has 2 aromatic heterocycles. The molecule has 0 radical (unpaired) electrons. The summed E-state index contributed by atoms with van der Waals surface area (Å²) in [7, 11) is 1.62. The van der Waals surface area contributed by atoms with Crippen LogP contribution in [0.1, 0.15) is 52.7 Å². The van der Waals surface area contributed by atoms with Gasteiger partial charge in [-0.15, -0.1) is 0 Å². The molecular weight excluding hydrogens is 478 g/mol. The molecule has 9 nitrogen and oxygen atoms in total. The minimum Gasteiger partial charge on any atom is -0.496 e. The lowest BCUT2D eigenvalue weighted by molar-refractivity contribution is 0.0980. The minimum atomic E-state index is 0.118. The third-order valence-electron chi connectivity index (χ3n) is 7.11. The minimum absolute atomic E-state index is 0.118. The maximum atomic E-state index is 12.8. The molecule has 9 heteroatoms. The number of anilines is 2. The van der Waals surface area contributed by atoms with E-state index in [1.54, 1.807) is 7.11 Å². The van der Waals surface area contributed by atoms with Crippen LogP contribution in [0.5, 0.6) is 5.75 Å². The van der Waals surface area contributed by atoms with Gasteiger partial charge in [-0.1, -0.05) is 24.3 Å². The van der Waals surface area contributed by atoms with Gasteiger partial charge < -0.3 is 26.1 Å². The molecule has 6 N–H and O–H groups in total. The smallest absolute Gasteiger partial charge is 0.162 e. The molecule has 38 heavy (non-hydrogen) atoms. The molecule has 0 spiro atoms. The lowest BCUT2D eigenvalue weighted by Crippen LogP contribution is -2.36. The number of fused-ring (bicyclic) bond motifs is 1. The molecular formula is C29H33N7O2. The van der Waals surface area contributed by atoms with Crippen molar-refractivity contribution < 1.29 is 9.53 Å². The summed E-state index contributed by atoms with van der Waals surface area (Å²) in [6.07, 6.45) is 7.07. The first-order valence-corrected chi connectivity index (χ1v) is 13.0. The van der Waals surface area contributed by atoms with E-state index in [1.807, 2.05) is 48.7 Å². The summed E-state index contributed by atoms with van der Waals surface area (Å²) in [6.45, 7) is 1.88. The van der Waals surface area contributed by atoms with Crippen LogP contribution in [0.3, 0.4) is 0 Å². The predicted molar refractivity (Wildman–Crippen MR) is 150 cm³/mol. The van der Waals surface area contributed by atoms with Crippen molar-refractivity contribution in [1.82, 2.24) is 20.3 Å². The number of piperidine rings is 1. The van der Waals surface area contributed by atoms with Crippen molar-refractivity contribution in [1.29, 1.82) is 5.41 Å². The molecule has 1 aliphatic heterocycles. The summed E-state index contributed by atoms with van der Waals surface area (Å²) in [6, 6.07) is 13.7. The highest BCUT2D eigenvalue weighted by atomic mass is 16.5. The number of ether oxygens (including phenoxy) is 1. The van der Waals surface area contributed by atoms with Gasteiger partial charge in [-0.25, -0.2) is 9.97 Å². The zero-order chi connectivity index (χ0) is 26.5. The van der Waals surface area contributed by atoms with Gasteiger partial charge in [-0.3, -0.25) is 10.2 Å². The zero-order valence-electron chi connectivity index (χ0n) is 21.5. The number of hydrogen-bond donors (Lipinski definition) is 5. The standard InChI is InChI=1S/C29H33N7O2/c1-38-25-16-21(27(30)26-28(31)34-17-35-29(26)36-22-10-12-32-13-11-22)8-6-19(25)3-2-4-24(37)20-7-5-18-9-14-33-23(18)15-20/h5-9,14-17,22,30,32-33H,2-4,10-13H2,1H3,(H3,31,34,35,36). The number of benzene rings is 2. The van der Waals surface area contributed by atoms with Gasteiger partial charge in [0.1, 0.15) is 23.7 Å². The van der Waals surface area contributed by atoms with E-state index in [1.165, 1.54) is 6.33 Å². The van der Waals surface area contributed by atoms with E-state index in [4.69, 9.17) is 15.9 Å². The molecule has 0 saturated carbocycles. The van der Waals surface area contributed by atoms with Crippen molar-refractivity contribution >= 4 is 34.0 Å². The Kier molecular flexibility index (Phi) is 7.65. The fourth-order valence-electron chi connectivity index (χ4n) is 4.97. The quantitative estimate of drug-likeness (QED) is 0.158. The molecule has 0 atom stereocenters. The number of nitrogen functional groups attached to an aromatic ring is 1. The number of aromatic amines is 1. The SMILES string of the molecule is COc1cc(C(=N)c2c(N)ncnc2NC2CCNCC2)ccc1CCCC(=O)c1ccc2cc[nH]c2c1. The van der Waals surface area contributed by atoms with E-state index in [9.17, 15) is 4.79 Å². The Balaban J connectivity index is 1.27. The van der Waals surface area contributed by atoms with Gasteiger partial charge in [0.25, 0.3) is 0 Å². The van der Waals surface area contributed by atoms with E-state index < -0.39 is 0 Å². The normalized spacial score (nSPS) is 13.9. The third kappa shape index (κ3) is 5.52. The number of Topliss-reactive ketones (excluding diaryl/α,β-unsaturated/α-hetero) is 1. The number of ketones is 1. The first kappa shape index (κ1) is 25.4. The molecule has 1 fully saturated rings. The fraction of sp³-hybridized carbons (Fsp3) is 0.310. The van der Waals surface area contributed by atoms with E-state index in [0.29, 0.717) is 47.5 Å². The van der Waals surface area contributed by atoms with Crippen LogP contribution >= 0.6 is 0 Å². The molecule has 1 aliphatic rings. The highest BCUT2D eigenvalue weighted by Gasteiger charge is 2.21. The van der Waals surface area contributed by atoms with Crippen LogP contribution in [0.25, 0.3) is 10.9 Å². The second-order valence-corrected chi connectivity index (χ2v) is 9.61. The van der Waals surface area contributed by atoms with Gasteiger partial charge in [-0.05, 0) is 67.9 Å². The van der Waals surface area contributed by atoms with Crippen LogP contribution < -0.4 is 21.1 Å². The molecule has 2 aromatic carbocycles. The topological polar surface area (TPSA) is 142 Å². The van der Waals surface area contributed by atoms with Crippen molar-refractivity contribution in [3.8, 4) is 5.75 Å². The van der Waals surface area contributed by atoms with Crippen molar-refractivity contribution in [3.63, 3.8) is 0 Å². The molecule has 1 saturated heterocycles. The molecule has 3 heterocycles. The molecule has 0 unspecified atom stereocenters. The second kappa shape index (κ2) is 11.4. The number of aromatic nitrogens is 3. The summed E-state index contributed by atoms with van der Waals surface area (Å²) < 4.78 is 5.66. The Morgan fingerprint density at radius 3 is 2.76 bits per heavy atom. The lowest BCUT2D eigenvalue weighted by atomic mass is 9.97.